The average molecular weight is 512 g/mol. The Morgan fingerprint density at radius 3 is 2.41 bits per heavy atom. The third kappa shape index (κ3) is 5.71. The average Bonchev–Trinajstić information content (AvgIpc) is 3.19. The first kappa shape index (κ1) is 26.1. The number of aryl methyl sites for hydroxylation is 3. The summed E-state index contributed by atoms with van der Waals surface area (Å²) in [7, 11) is 0. The smallest absolute Gasteiger partial charge is 0.269 e. The minimum Gasteiger partial charge on any atom is -0.494 e. The predicted molar refractivity (Wildman–Crippen MR) is 149 cm³/mol. The van der Waals surface area contributed by atoms with Crippen LogP contribution in [0.4, 0.5) is 11.4 Å². The van der Waals surface area contributed by atoms with E-state index >= 15 is 0 Å². The molecule has 1 aliphatic rings. The number of hydrogen-bond donors (Lipinski definition) is 1. The van der Waals surface area contributed by atoms with Gasteiger partial charge in [-0.05, 0) is 86.7 Å². The van der Waals surface area contributed by atoms with E-state index in [-0.39, 0.29) is 11.5 Å². The van der Waals surface area contributed by atoms with E-state index in [0.29, 0.717) is 35.2 Å². The molecule has 1 aliphatic heterocycles. The van der Waals surface area contributed by atoms with Gasteiger partial charge in [0, 0.05) is 11.4 Å². The molecule has 6 nitrogen and oxygen atoms in total. The summed E-state index contributed by atoms with van der Waals surface area (Å²) < 4.78 is 5.55. The molecule has 3 aromatic carbocycles. The van der Waals surface area contributed by atoms with Gasteiger partial charge in [0.2, 0.25) is 5.91 Å². The van der Waals surface area contributed by atoms with Crippen LogP contribution in [0.5, 0.6) is 5.75 Å². The number of thioether (sulfide) groups is 1. The Morgan fingerprint density at radius 2 is 1.76 bits per heavy atom. The Morgan fingerprint density at radius 1 is 1.03 bits per heavy atom. The first-order chi connectivity index (χ1) is 17.8. The van der Waals surface area contributed by atoms with E-state index in [1.807, 2.05) is 51.1 Å². The second-order valence-electron chi connectivity index (χ2n) is 8.89. The lowest BCUT2D eigenvalue weighted by atomic mass is 10.0. The highest BCUT2D eigenvalue weighted by Crippen LogP contribution is 2.42. The second-order valence-corrected chi connectivity index (χ2v) is 10.1. The summed E-state index contributed by atoms with van der Waals surface area (Å²) in [4.78, 5) is 28.5. The molecule has 1 saturated heterocycles. The second kappa shape index (κ2) is 11.4. The number of hydrogen-bond acceptors (Lipinski definition) is 5. The van der Waals surface area contributed by atoms with Crippen LogP contribution >= 0.6 is 11.8 Å². The molecule has 0 bridgehead atoms. The predicted octanol–water partition coefficient (Wildman–Crippen LogP) is 6.08. The molecular weight excluding hydrogens is 482 g/mol. The number of carbonyl (C=O) groups excluding carboxylic acids is 2. The van der Waals surface area contributed by atoms with Crippen LogP contribution in [0.1, 0.15) is 29.2 Å². The van der Waals surface area contributed by atoms with E-state index in [0.717, 1.165) is 16.7 Å². The van der Waals surface area contributed by atoms with E-state index in [1.165, 1.54) is 22.2 Å². The van der Waals surface area contributed by atoms with Gasteiger partial charge in [0.1, 0.15) is 22.4 Å². The molecule has 2 amide bonds. The number of carbonyl (C=O) groups is 2. The van der Waals surface area contributed by atoms with Crippen molar-refractivity contribution in [2.24, 2.45) is 0 Å². The van der Waals surface area contributed by atoms with Crippen LogP contribution in [-0.4, -0.2) is 23.7 Å². The zero-order chi connectivity index (χ0) is 26.5. The topological polar surface area (TPSA) is 82.4 Å². The maximum absolute atomic E-state index is 13.7. The minimum atomic E-state index is -0.546. The van der Waals surface area contributed by atoms with Crippen LogP contribution in [0.15, 0.2) is 77.3 Å². The Labute approximate surface area is 221 Å². The summed E-state index contributed by atoms with van der Waals surface area (Å²) in [6, 6.07) is 22.7. The highest BCUT2D eigenvalue weighted by molar-refractivity contribution is 8.05. The van der Waals surface area contributed by atoms with Crippen molar-refractivity contribution in [2.45, 2.75) is 39.4 Å². The summed E-state index contributed by atoms with van der Waals surface area (Å²) >= 11 is 1.26. The number of benzene rings is 3. The van der Waals surface area contributed by atoms with Crippen LogP contribution in [0.3, 0.4) is 0 Å². The van der Waals surface area contributed by atoms with E-state index in [9.17, 15) is 14.9 Å². The Balaban J connectivity index is 1.73. The molecule has 37 heavy (non-hydrogen) atoms. The van der Waals surface area contributed by atoms with Crippen molar-refractivity contribution in [3.63, 3.8) is 0 Å². The molecule has 0 aromatic heterocycles. The van der Waals surface area contributed by atoms with Gasteiger partial charge in [-0.25, -0.2) is 0 Å². The maximum atomic E-state index is 13.7. The molecule has 0 spiro atoms. The standard InChI is InChI=1S/C30H29N3O3S/c1-5-36-24-14-12-23(13-15-24)33-29(35)27(17-22-11-10-19(2)21(4)16-22)37-30(33)25(18-31)28(34)32-26-9-7-6-8-20(26)3/h6-16,27H,5,17H2,1-4H3,(H,32,34)/b30-25-. The van der Waals surface area contributed by atoms with Crippen molar-refractivity contribution in [2.75, 3.05) is 16.8 Å². The zero-order valence-corrected chi connectivity index (χ0v) is 22.2. The van der Waals surface area contributed by atoms with Crippen molar-refractivity contribution in [1.82, 2.24) is 0 Å². The van der Waals surface area contributed by atoms with Gasteiger partial charge in [-0.3, -0.25) is 14.5 Å². The molecule has 1 unspecified atom stereocenters. The van der Waals surface area contributed by atoms with Gasteiger partial charge in [-0.1, -0.05) is 48.2 Å². The van der Waals surface area contributed by atoms with E-state index < -0.39 is 11.2 Å². The zero-order valence-electron chi connectivity index (χ0n) is 21.4. The van der Waals surface area contributed by atoms with Crippen molar-refractivity contribution in [1.29, 1.82) is 5.26 Å². The lowest BCUT2D eigenvalue weighted by Gasteiger charge is -2.19. The third-order valence-electron chi connectivity index (χ3n) is 6.30. The maximum Gasteiger partial charge on any atom is 0.269 e. The first-order valence-electron chi connectivity index (χ1n) is 12.1. The van der Waals surface area contributed by atoms with Crippen molar-refractivity contribution in [3.05, 3.63) is 99.6 Å². The Kier molecular flexibility index (Phi) is 8.00. The monoisotopic (exact) mass is 511 g/mol. The highest BCUT2D eigenvalue weighted by Gasteiger charge is 2.41. The molecule has 0 saturated carbocycles. The largest absolute Gasteiger partial charge is 0.494 e. The van der Waals surface area contributed by atoms with Crippen molar-refractivity contribution < 1.29 is 14.3 Å². The van der Waals surface area contributed by atoms with E-state index in [2.05, 4.69) is 24.4 Å². The van der Waals surface area contributed by atoms with Crippen LogP contribution < -0.4 is 15.0 Å². The molecule has 7 heteroatoms. The molecule has 0 aliphatic carbocycles. The molecule has 4 rings (SSSR count). The van der Waals surface area contributed by atoms with Gasteiger partial charge < -0.3 is 10.1 Å². The van der Waals surface area contributed by atoms with Crippen LogP contribution in [0, 0.1) is 32.1 Å². The highest BCUT2D eigenvalue weighted by atomic mass is 32.2. The summed E-state index contributed by atoms with van der Waals surface area (Å²) in [5, 5.41) is 12.8. The SMILES string of the molecule is CCOc1ccc(N2C(=O)C(Cc3ccc(C)c(C)c3)S/C2=C(/C#N)C(=O)Nc2ccccc2C)cc1. The number of nitrogens with one attached hydrogen (secondary N) is 1. The number of amides is 2. The first-order valence-corrected chi connectivity index (χ1v) is 13.0. The summed E-state index contributed by atoms with van der Waals surface area (Å²) in [5.41, 5.74) is 5.35. The third-order valence-corrected chi connectivity index (χ3v) is 7.56. The molecular formula is C30H29N3O3S. The van der Waals surface area contributed by atoms with E-state index in [1.54, 1.807) is 30.3 Å². The quantitative estimate of drug-likeness (QED) is 0.307. The van der Waals surface area contributed by atoms with Gasteiger partial charge in [-0.2, -0.15) is 5.26 Å². The summed E-state index contributed by atoms with van der Waals surface area (Å²) in [5.74, 6) is -0.0331. The molecule has 1 N–H and O–H groups in total. The van der Waals surface area contributed by atoms with E-state index in [4.69, 9.17) is 4.74 Å². The van der Waals surface area contributed by atoms with Crippen molar-refractivity contribution in [3.8, 4) is 11.8 Å². The minimum absolute atomic E-state index is 0.0990. The van der Waals surface area contributed by atoms with Crippen molar-refractivity contribution >= 4 is 35.0 Å². The van der Waals surface area contributed by atoms with Crippen LogP contribution in [-0.2, 0) is 16.0 Å². The Hall–Kier alpha value is -4.02. The fourth-order valence-corrected chi connectivity index (χ4v) is 5.43. The molecule has 1 fully saturated rings. The summed E-state index contributed by atoms with van der Waals surface area (Å²) in [6.45, 7) is 8.41. The number of para-hydroxylation sites is 1. The Bertz CT molecular complexity index is 1410. The summed E-state index contributed by atoms with van der Waals surface area (Å²) in [6.07, 6.45) is 0.486. The van der Waals surface area contributed by atoms with Gasteiger partial charge in [-0.15, -0.1) is 0 Å². The molecule has 3 aromatic rings. The fraction of sp³-hybridized carbons (Fsp3) is 0.233. The van der Waals surface area contributed by atoms with Gasteiger partial charge in [0.25, 0.3) is 5.91 Å². The lowest BCUT2D eigenvalue weighted by Crippen LogP contribution is -2.31. The molecule has 1 heterocycles. The van der Waals surface area contributed by atoms with Gasteiger partial charge in [0.15, 0.2) is 0 Å². The number of rotatable bonds is 7. The lowest BCUT2D eigenvalue weighted by molar-refractivity contribution is -0.117. The normalized spacial score (nSPS) is 16.4. The van der Waals surface area contributed by atoms with Crippen LogP contribution in [0.25, 0.3) is 0 Å². The number of ether oxygens (including phenoxy) is 1. The van der Waals surface area contributed by atoms with Gasteiger partial charge >= 0.3 is 0 Å². The number of nitrogens with zero attached hydrogens (tertiary/aromatic N) is 2. The van der Waals surface area contributed by atoms with Gasteiger partial charge in [0.05, 0.1) is 11.9 Å². The molecule has 0 radical (unpaired) electrons. The molecule has 188 valence electrons. The molecule has 1 atom stereocenters. The number of anilines is 2. The van der Waals surface area contributed by atoms with Crippen LogP contribution in [0.2, 0.25) is 0 Å². The fourth-order valence-electron chi connectivity index (χ4n) is 4.12. The number of nitriles is 1.